The summed E-state index contributed by atoms with van der Waals surface area (Å²) >= 11 is 0. The van der Waals surface area contributed by atoms with Crippen LogP contribution in [0.5, 0.6) is 11.5 Å². The molecule has 1 unspecified atom stereocenters. The van der Waals surface area contributed by atoms with Crippen LogP contribution >= 0.6 is 0 Å². The molecule has 1 aliphatic rings. The zero-order chi connectivity index (χ0) is 22.8. The fourth-order valence-corrected chi connectivity index (χ4v) is 3.82. The van der Waals surface area contributed by atoms with Crippen molar-refractivity contribution in [3.8, 4) is 11.5 Å². The molecule has 7 nitrogen and oxygen atoms in total. The number of Topliss-reactive ketones (excluding diaryl/α,β-unsaturated/α-hetero) is 1. The Morgan fingerprint density at radius 2 is 1.66 bits per heavy atom. The minimum atomic E-state index is -0.899. The lowest BCUT2D eigenvalue weighted by Crippen LogP contribution is -2.30. The van der Waals surface area contributed by atoms with E-state index in [0.717, 1.165) is 0 Å². The predicted octanol–water partition coefficient (Wildman–Crippen LogP) is 4.03. The molecule has 4 rings (SSSR count). The van der Waals surface area contributed by atoms with Gasteiger partial charge in [0, 0.05) is 11.3 Å². The number of aliphatic hydroxyl groups excluding tert-OH is 1. The van der Waals surface area contributed by atoms with Gasteiger partial charge in [-0.05, 0) is 36.8 Å². The molecule has 1 saturated heterocycles. The normalized spacial score (nSPS) is 17.5. The van der Waals surface area contributed by atoms with Crippen molar-refractivity contribution >= 4 is 23.3 Å². The van der Waals surface area contributed by atoms with Gasteiger partial charge in [-0.3, -0.25) is 14.5 Å². The van der Waals surface area contributed by atoms with Crippen LogP contribution in [0.1, 0.15) is 22.9 Å². The Balaban J connectivity index is 1.97. The molecule has 0 saturated carbocycles. The fraction of sp³-hybridized carbons (Fsp3) is 0.160. The number of hydrogen-bond acceptors (Lipinski definition) is 6. The Bertz CT molecular complexity index is 1220. The molecule has 3 aromatic rings. The smallest absolute Gasteiger partial charge is 0.301 e. The highest BCUT2D eigenvalue weighted by Crippen LogP contribution is 2.43. The van der Waals surface area contributed by atoms with E-state index in [4.69, 9.17) is 9.47 Å². The second-order valence-corrected chi connectivity index (χ2v) is 7.29. The summed E-state index contributed by atoms with van der Waals surface area (Å²) in [6, 6.07) is 18.1. The fourth-order valence-electron chi connectivity index (χ4n) is 3.82. The van der Waals surface area contributed by atoms with E-state index < -0.39 is 17.7 Å². The molecule has 0 radical (unpaired) electrons. The third-order valence-electron chi connectivity index (χ3n) is 5.34. The van der Waals surface area contributed by atoms with E-state index in [9.17, 15) is 14.7 Å². The first-order valence-corrected chi connectivity index (χ1v) is 9.98. The molecule has 2 aromatic carbocycles. The summed E-state index contributed by atoms with van der Waals surface area (Å²) in [6.45, 7) is 1.80. The van der Waals surface area contributed by atoms with Crippen molar-refractivity contribution < 1.29 is 24.2 Å². The summed E-state index contributed by atoms with van der Waals surface area (Å²) < 4.78 is 10.7. The van der Waals surface area contributed by atoms with Crippen molar-refractivity contribution in [2.45, 2.75) is 13.0 Å². The third-order valence-corrected chi connectivity index (χ3v) is 5.34. The first kappa shape index (κ1) is 21.1. The molecule has 1 amide bonds. The second-order valence-electron chi connectivity index (χ2n) is 7.29. The minimum Gasteiger partial charge on any atom is -0.507 e. The van der Waals surface area contributed by atoms with Gasteiger partial charge in [-0.2, -0.15) is 0 Å². The van der Waals surface area contributed by atoms with Crippen LogP contribution in [0.4, 0.5) is 5.82 Å². The van der Waals surface area contributed by atoms with Gasteiger partial charge >= 0.3 is 5.91 Å². The monoisotopic (exact) mass is 430 g/mol. The molecule has 162 valence electrons. The Labute approximate surface area is 185 Å². The van der Waals surface area contributed by atoms with Gasteiger partial charge in [0.1, 0.15) is 11.6 Å². The molecule has 1 aromatic heterocycles. The molecule has 0 aliphatic carbocycles. The number of methoxy groups -OCH3 is 2. The number of carbonyl (C=O) groups is 2. The van der Waals surface area contributed by atoms with Crippen LogP contribution in [0.3, 0.4) is 0 Å². The van der Waals surface area contributed by atoms with Crippen LogP contribution in [0, 0.1) is 6.92 Å². The summed E-state index contributed by atoms with van der Waals surface area (Å²) in [6.07, 6.45) is 0. The number of pyridine rings is 1. The summed E-state index contributed by atoms with van der Waals surface area (Å²) in [5.74, 6) is -0.537. The van der Waals surface area contributed by atoms with Crippen LogP contribution < -0.4 is 14.4 Å². The first-order chi connectivity index (χ1) is 15.5. The number of nitrogens with zero attached hydrogens (tertiary/aromatic N) is 2. The molecular weight excluding hydrogens is 408 g/mol. The van der Waals surface area contributed by atoms with Crippen molar-refractivity contribution in [2.24, 2.45) is 0 Å². The summed E-state index contributed by atoms with van der Waals surface area (Å²) in [5, 5.41) is 11.1. The van der Waals surface area contributed by atoms with Gasteiger partial charge in [0.05, 0.1) is 25.8 Å². The Kier molecular flexibility index (Phi) is 5.64. The number of anilines is 1. The van der Waals surface area contributed by atoms with Gasteiger partial charge in [0.15, 0.2) is 11.5 Å². The zero-order valence-electron chi connectivity index (χ0n) is 17.9. The van der Waals surface area contributed by atoms with Crippen LogP contribution in [-0.2, 0) is 9.59 Å². The minimum absolute atomic E-state index is 0.0169. The highest BCUT2D eigenvalue weighted by Gasteiger charge is 2.47. The van der Waals surface area contributed by atoms with Crippen LogP contribution in [0.25, 0.3) is 5.76 Å². The van der Waals surface area contributed by atoms with Crippen LogP contribution in [-0.4, -0.2) is 36.0 Å². The third kappa shape index (κ3) is 3.58. The Morgan fingerprint density at radius 3 is 2.31 bits per heavy atom. The van der Waals surface area contributed by atoms with Crippen molar-refractivity contribution in [3.05, 3.63) is 89.1 Å². The maximum atomic E-state index is 13.2. The zero-order valence-corrected chi connectivity index (χ0v) is 17.9. The number of hydrogen-bond donors (Lipinski definition) is 1. The van der Waals surface area contributed by atoms with Crippen molar-refractivity contribution in [2.75, 3.05) is 19.1 Å². The van der Waals surface area contributed by atoms with Gasteiger partial charge in [-0.1, -0.05) is 42.5 Å². The van der Waals surface area contributed by atoms with E-state index in [1.807, 2.05) is 0 Å². The van der Waals surface area contributed by atoms with Gasteiger partial charge in [0.2, 0.25) is 0 Å². The lowest BCUT2D eigenvalue weighted by atomic mass is 9.95. The van der Waals surface area contributed by atoms with E-state index >= 15 is 0 Å². The van der Waals surface area contributed by atoms with Crippen molar-refractivity contribution in [1.29, 1.82) is 0 Å². The Morgan fingerprint density at radius 1 is 0.938 bits per heavy atom. The number of ether oxygens (including phenoxy) is 2. The number of aromatic nitrogens is 1. The molecule has 32 heavy (non-hydrogen) atoms. The average Bonchev–Trinajstić information content (AvgIpc) is 3.09. The Hall–Kier alpha value is -4.13. The van der Waals surface area contributed by atoms with E-state index in [1.54, 1.807) is 73.7 Å². The average molecular weight is 430 g/mol. The number of ketones is 1. The largest absolute Gasteiger partial charge is 0.507 e. The number of carbonyl (C=O) groups excluding carboxylic acids is 2. The maximum Gasteiger partial charge on any atom is 0.301 e. The molecule has 0 bridgehead atoms. The van der Waals surface area contributed by atoms with Crippen LogP contribution in [0.15, 0.2) is 72.3 Å². The first-order valence-electron chi connectivity index (χ1n) is 9.98. The van der Waals surface area contributed by atoms with Gasteiger partial charge < -0.3 is 14.6 Å². The lowest BCUT2D eigenvalue weighted by molar-refractivity contribution is -0.132. The summed E-state index contributed by atoms with van der Waals surface area (Å²) in [7, 11) is 3.03. The molecule has 1 atom stereocenters. The highest BCUT2D eigenvalue weighted by atomic mass is 16.5. The lowest BCUT2D eigenvalue weighted by Gasteiger charge is -2.25. The van der Waals surface area contributed by atoms with Gasteiger partial charge in [0.25, 0.3) is 5.78 Å². The van der Waals surface area contributed by atoms with Gasteiger partial charge in [-0.25, -0.2) is 4.98 Å². The number of amides is 1. The molecular formula is C25H22N2O5. The molecule has 1 aliphatic heterocycles. The second kappa shape index (κ2) is 8.55. The van der Waals surface area contributed by atoms with E-state index in [1.165, 1.54) is 19.1 Å². The summed E-state index contributed by atoms with van der Waals surface area (Å²) in [4.78, 5) is 32.1. The molecule has 2 heterocycles. The topological polar surface area (TPSA) is 89.0 Å². The van der Waals surface area contributed by atoms with Crippen LogP contribution in [0.2, 0.25) is 0 Å². The van der Waals surface area contributed by atoms with Crippen molar-refractivity contribution in [3.63, 3.8) is 0 Å². The molecule has 0 spiro atoms. The highest BCUT2D eigenvalue weighted by molar-refractivity contribution is 6.51. The number of aliphatic hydroxyl groups is 1. The van der Waals surface area contributed by atoms with E-state index in [-0.39, 0.29) is 11.3 Å². The van der Waals surface area contributed by atoms with Crippen molar-refractivity contribution in [1.82, 2.24) is 4.98 Å². The molecule has 1 N–H and O–H groups in total. The number of benzene rings is 2. The molecule has 7 heteroatoms. The van der Waals surface area contributed by atoms with Gasteiger partial charge in [-0.15, -0.1) is 0 Å². The molecule has 1 fully saturated rings. The number of rotatable bonds is 5. The SMILES string of the molecule is COc1ccc(C2/C(=C(\O)c3ccccc3)C(=O)C(=O)N2c2cccc(C)n2)cc1OC. The maximum absolute atomic E-state index is 13.2. The quantitative estimate of drug-likeness (QED) is 0.373. The summed E-state index contributed by atoms with van der Waals surface area (Å²) in [5.41, 5.74) is 1.69. The number of aryl methyl sites for hydroxylation is 1. The standard InChI is InChI=1S/C25H22N2O5/c1-15-8-7-11-20(26-15)27-22(17-12-13-18(31-2)19(14-17)32-3)21(24(29)25(27)30)23(28)16-9-5-4-6-10-16/h4-14,22,28H,1-3H3/b23-21+. The predicted molar refractivity (Wildman–Crippen MR) is 120 cm³/mol. The van der Waals surface area contributed by atoms with E-state index in [2.05, 4.69) is 4.98 Å². The van der Waals surface area contributed by atoms with E-state index in [0.29, 0.717) is 34.1 Å².